The van der Waals surface area contributed by atoms with Gasteiger partial charge in [-0.2, -0.15) is 5.10 Å². The second kappa shape index (κ2) is 5.23. The van der Waals surface area contributed by atoms with Crippen LogP contribution in [-0.2, 0) is 0 Å². The Kier molecular flexibility index (Phi) is 3.86. The van der Waals surface area contributed by atoms with Crippen LogP contribution in [0.3, 0.4) is 0 Å². The Morgan fingerprint density at radius 2 is 2.11 bits per heavy atom. The lowest BCUT2D eigenvalue weighted by Crippen LogP contribution is -2.17. The number of aromatic nitrogens is 3. The van der Waals surface area contributed by atoms with Gasteiger partial charge in [0, 0.05) is 6.07 Å². The first-order valence-electron chi connectivity index (χ1n) is 4.69. The maximum atomic E-state index is 13.5. The molecule has 0 saturated heterocycles. The smallest absolute Gasteiger partial charge is 0.201 e. The van der Waals surface area contributed by atoms with Crippen LogP contribution in [0, 0.1) is 11.6 Å². The monoisotopic (exact) mass is 379 g/mol. The summed E-state index contributed by atoms with van der Waals surface area (Å²) in [7, 11) is 0. The Bertz CT molecular complexity index is 603. The van der Waals surface area contributed by atoms with E-state index in [9.17, 15) is 13.6 Å². The highest BCUT2D eigenvalue weighted by atomic mass is 79.9. The maximum Gasteiger partial charge on any atom is 0.201 e. The quantitative estimate of drug-likeness (QED) is 0.607. The molecule has 0 fully saturated rings. The van der Waals surface area contributed by atoms with Crippen molar-refractivity contribution < 1.29 is 13.6 Å². The van der Waals surface area contributed by atoms with Gasteiger partial charge in [0.05, 0.1) is 5.56 Å². The Morgan fingerprint density at radius 3 is 2.67 bits per heavy atom. The third kappa shape index (κ3) is 2.49. The van der Waals surface area contributed by atoms with Crippen LogP contribution >= 0.6 is 31.9 Å². The Balaban J connectivity index is 2.34. The number of carbonyl (C=O) groups excluding carboxylic acids is 1. The van der Waals surface area contributed by atoms with Gasteiger partial charge in [-0.1, -0.05) is 15.9 Å². The van der Waals surface area contributed by atoms with Crippen LogP contribution in [-0.4, -0.2) is 20.5 Å². The van der Waals surface area contributed by atoms with Gasteiger partial charge in [0.15, 0.2) is 9.68 Å². The molecule has 1 heterocycles. The molecule has 0 radical (unpaired) electrons. The minimum Gasteiger partial charge on any atom is -0.291 e. The molecule has 0 bridgehead atoms. The molecule has 1 aromatic carbocycles. The number of hydrogen-bond donors (Lipinski definition) is 0. The standard InChI is InChI=1S/C10H5Br2F2N3O/c11-9(17-10(12)15-4-16-17)8(18)6-2-1-5(13)3-7(6)14/h1-4,9H/t9-/m1/s1. The van der Waals surface area contributed by atoms with Crippen LogP contribution in [0.1, 0.15) is 15.3 Å². The summed E-state index contributed by atoms with van der Waals surface area (Å²) < 4.78 is 27.8. The van der Waals surface area contributed by atoms with Crippen LogP contribution in [0.25, 0.3) is 0 Å². The molecule has 2 rings (SSSR count). The van der Waals surface area contributed by atoms with Gasteiger partial charge in [-0.05, 0) is 28.1 Å². The summed E-state index contributed by atoms with van der Waals surface area (Å²) in [5, 5.41) is 3.80. The third-order valence-electron chi connectivity index (χ3n) is 2.16. The van der Waals surface area contributed by atoms with Gasteiger partial charge in [-0.3, -0.25) is 4.79 Å². The molecule has 0 amide bonds. The first-order chi connectivity index (χ1) is 8.50. The number of benzene rings is 1. The van der Waals surface area contributed by atoms with E-state index in [1.807, 2.05) is 0 Å². The average Bonchev–Trinajstić information content (AvgIpc) is 2.74. The number of hydrogen-bond acceptors (Lipinski definition) is 3. The predicted octanol–water partition coefficient (Wildman–Crippen LogP) is 3.10. The van der Waals surface area contributed by atoms with Crippen molar-refractivity contribution in [1.82, 2.24) is 14.8 Å². The number of nitrogens with zero attached hydrogens (tertiary/aromatic N) is 3. The van der Waals surface area contributed by atoms with Crippen molar-refractivity contribution in [3.8, 4) is 0 Å². The predicted molar refractivity (Wildman–Crippen MR) is 66.4 cm³/mol. The number of halogens is 4. The molecule has 94 valence electrons. The lowest BCUT2D eigenvalue weighted by atomic mass is 10.1. The van der Waals surface area contributed by atoms with E-state index in [4.69, 9.17) is 0 Å². The molecule has 0 aliphatic heterocycles. The van der Waals surface area contributed by atoms with E-state index in [1.165, 1.54) is 11.0 Å². The zero-order chi connectivity index (χ0) is 13.3. The number of rotatable bonds is 3. The average molecular weight is 381 g/mol. The molecule has 1 atom stereocenters. The second-order valence-electron chi connectivity index (χ2n) is 3.30. The van der Waals surface area contributed by atoms with E-state index in [1.54, 1.807) is 0 Å². The van der Waals surface area contributed by atoms with Gasteiger partial charge in [0.1, 0.15) is 18.0 Å². The molecule has 18 heavy (non-hydrogen) atoms. The Labute approximate surface area is 117 Å². The third-order valence-corrected chi connectivity index (χ3v) is 3.53. The molecule has 0 saturated carbocycles. The fraction of sp³-hybridized carbons (Fsp3) is 0.100. The van der Waals surface area contributed by atoms with Crippen molar-refractivity contribution in [3.63, 3.8) is 0 Å². The Hall–Kier alpha value is -1.15. The van der Waals surface area contributed by atoms with Crippen molar-refractivity contribution in [2.24, 2.45) is 0 Å². The summed E-state index contributed by atoms with van der Waals surface area (Å²) in [4.78, 5) is 14.9. The van der Waals surface area contributed by atoms with E-state index in [-0.39, 0.29) is 5.56 Å². The molecular weight excluding hydrogens is 376 g/mol. The molecule has 2 aromatic rings. The number of alkyl halides is 1. The molecule has 1 aromatic heterocycles. The molecular formula is C10H5Br2F2N3O. The van der Waals surface area contributed by atoms with E-state index in [0.29, 0.717) is 10.8 Å². The molecule has 8 heteroatoms. The van der Waals surface area contributed by atoms with Crippen LogP contribution < -0.4 is 0 Å². The highest BCUT2D eigenvalue weighted by Crippen LogP contribution is 2.24. The molecule has 0 aliphatic carbocycles. The molecule has 0 spiro atoms. The van der Waals surface area contributed by atoms with Crippen LogP contribution in [0.4, 0.5) is 8.78 Å². The summed E-state index contributed by atoms with van der Waals surface area (Å²) in [5.41, 5.74) is -0.222. The zero-order valence-electron chi connectivity index (χ0n) is 8.65. The summed E-state index contributed by atoms with van der Waals surface area (Å²) >= 11 is 6.18. The normalized spacial score (nSPS) is 12.4. The van der Waals surface area contributed by atoms with Gasteiger partial charge in [-0.15, -0.1) is 0 Å². The highest BCUT2D eigenvalue weighted by Gasteiger charge is 2.24. The number of Topliss-reactive ketones (excluding diaryl/α,β-unsaturated/α-hetero) is 1. The summed E-state index contributed by atoms with van der Waals surface area (Å²) in [6, 6.07) is 2.77. The van der Waals surface area contributed by atoms with Crippen molar-refractivity contribution in [3.05, 3.63) is 46.5 Å². The fourth-order valence-electron chi connectivity index (χ4n) is 1.32. The first-order valence-corrected chi connectivity index (χ1v) is 6.40. The van der Waals surface area contributed by atoms with Crippen LogP contribution in [0.15, 0.2) is 29.3 Å². The number of ketones is 1. The molecule has 4 nitrogen and oxygen atoms in total. The van der Waals surface area contributed by atoms with E-state index in [2.05, 4.69) is 41.9 Å². The minimum absolute atomic E-state index is 0.222. The number of carbonyl (C=O) groups is 1. The summed E-state index contributed by atoms with van der Waals surface area (Å²) in [5.74, 6) is -2.24. The van der Waals surface area contributed by atoms with Crippen molar-refractivity contribution in [1.29, 1.82) is 0 Å². The SMILES string of the molecule is O=C(c1ccc(F)cc1F)[C@H](Br)n1ncnc1Br. The van der Waals surface area contributed by atoms with Gasteiger partial charge in [-0.25, -0.2) is 18.4 Å². The van der Waals surface area contributed by atoms with Crippen molar-refractivity contribution in [2.45, 2.75) is 4.95 Å². The van der Waals surface area contributed by atoms with Gasteiger partial charge < -0.3 is 0 Å². The first kappa shape index (κ1) is 13.3. The molecule has 0 aliphatic rings. The van der Waals surface area contributed by atoms with Crippen LogP contribution in [0.5, 0.6) is 0 Å². The van der Waals surface area contributed by atoms with Crippen LogP contribution in [0.2, 0.25) is 0 Å². The van der Waals surface area contributed by atoms with E-state index in [0.717, 1.165) is 12.1 Å². The van der Waals surface area contributed by atoms with Gasteiger partial charge in [0.2, 0.25) is 5.78 Å². The zero-order valence-corrected chi connectivity index (χ0v) is 11.8. The fourth-order valence-corrected chi connectivity index (χ4v) is 2.53. The summed E-state index contributed by atoms with van der Waals surface area (Å²) in [6.45, 7) is 0. The van der Waals surface area contributed by atoms with Gasteiger partial charge >= 0.3 is 0 Å². The lowest BCUT2D eigenvalue weighted by Gasteiger charge is -2.10. The maximum absolute atomic E-state index is 13.5. The van der Waals surface area contributed by atoms with Gasteiger partial charge in [0.25, 0.3) is 0 Å². The highest BCUT2D eigenvalue weighted by molar-refractivity contribution is 9.10. The molecule has 0 N–H and O–H groups in total. The topological polar surface area (TPSA) is 47.8 Å². The largest absolute Gasteiger partial charge is 0.291 e. The summed E-state index contributed by atoms with van der Waals surface area (Å²) in [6.07, 6.45) is 1.24. The van der Waals surface area contributed by atoms with E-state index < -0.39 is 22.4 Å². The lowest BCUT2D eigenvalue weighted by molar-refractivity contribution is 0.0960. The second-order valence-corrected chi connectivity index (χ2v) is 4.87. The molecule has 0 unspecified atom stereocenters. The van der Waals surface area contributed by atoms with E-state index >= 15 is 0 Å². The Morgan fingerprint density at radius 1 is 1.39 bits per heavy atom. The van der Waals surface area contributed by atoms with Crippen molar-refractivity contribution in [2.75, 3.05) is 0 Å². The van der Waals surface area contributed by atoms with Crippen molar-refractivity contribution >= 4 is 37.6 Å². The minimum atomic E-state index is -0.922.